The first kappa shape index (κ1) is 23.5. The van der Waals surface area contributed by atoms with Gasteiger partial charge in [0.2, 0.25) is 13.1 Å². The van der Waals surface area contributed by atoms with Crippen LogP contribution in [0.1, 0.15) is 44.1 Å². The third kappa shape index (κ3) is 5.50. The average Bonchev–Trinajstić information content (AvgIpc) is 3.29. The van der Waals surface area contributed by atoms with Gasteiger partial charge in [0.05, 0.1) is 6.61 Å². The Kier molecular flexibility index (Phi) is 7.57. The highest BCUT2D eigenvalue weighted by atomic mass is 16.7. The Hall–Kier alpha value is -2.29. The molecule has 0 radical (unpaired) electrons. The maximum atomic E-state index is 13.3. The summed E-state index contributed by atoms with van der Waals surface area (Å²) in [5, 5.41) is 8.99. The van der Waals surface area contributed by atoms with Crippen molar-refractivity contribution in [3.63, 3.8) is 0 Å². The number of hydrogen-bond donors (Lipinski definition) is 1. The van der Waals surface area contributed by atoms with Gasteiger partial charge >= 0.3 is 0 Å². The molecule has 34 heavy (non-hydrogen) atoms. The minimum atomic E-state index is -0.375. The number of ether oxygens (including phenoxy) is 4. The van der Waals surface area contributed by atoms with Crippen molar-refractivity contribution in [2.45, 2.75) is 51.4 Å². The zero-order valence-electron chi connectivity index (χ0n) is 19.8. The van der Waals surface area contributed by atoms with Crippen LogP contribution in [0.25, 0.3) is 0 Å². The zero-order valence-corrected chi connectivity index (χ0v) is 19.8. The van der Waals surface area contributed by atoms with E-state index in [1.807, 2.05) is 17.0 Å². The molecular weight excluding hydrogens is 436 g/mol. The molecule has 186 valence electrons. The number of hydrogen-bond acceptors (Lipinski definition) is 7. The Labute approximate surface area is 201 Å². The monoisotopic (exact) mass is 472 g/mol. The van der Waals surface area contributed by atoms with Crippen LogP contribution >= 0.6 is 0 Å². The van der Waals surface area contributed by atoms with Crippen LogP contribution in [-0.4, -0.2) is 73.3 Å². The quantitative estimate of drug-likeness (QED) is 0.554. The molecule has 1 aliphatic carbocycles. The smallest absolute Gasteiger partial charge is 0.288 e. The van der Waals surface area contributed by atoms with Crippen molar-refractivity contribution in [1.82, 2.24) is 9.80 Å². The number of fused-ring (bicyclic) bond motifs is 1. The van der Waals surface area contributed by atoms with Crippen molar-refractivity contribution in [1.29, 1.82) is 0 Å². The first-order chi connectivity index (χ1) is 16.7. The predicted molar refractivity (Wildman–Crippen MR) is 125 cm³/mol. The molecule has 1 N–H and O–H groups in total. The molecule has 5 rings (SSSR count). The van der Waals surface area contributed by atoms with Crippen molar-refractivity contribution in [2.24, 2.45) is 11.8 Å². The van der Waals surface area contributed by atoms with Crippen LogP contribution in [0.4, 0.5) is 0 Å². The molecule has 3 aliphatic heterocycles. The van der Waals surface area contributed by atoms with Gasteiger partial charge in [0.15, 0.2) is 17.3 Å². The molecule has 4 aliphatic rings. The van der Waals surface area contributed by atoms with Gasteiger partial charge < -0.3 is 29.0 Å². The van der Waals surface area contributed by atoms with E-state index in [0.717, 1.165) is 50.4 Å². The lowest BCUT2D eigenvalue weighted by Crippen LogP contribution is -2.49. The topological polar surface area (TPSA) is 80.7 Å². The molecule has 0 aromatic heterocycles. The largest absolute Gasteiger partial charge is 0.459 e. The van der Waals surface area contributed by atoms with Gasteiger partial charge in [0.25, 0.3) is 5.91 Å². The molecule has 1 saturated heterocycles. The van der Waals surface area contributed by atoms with Gasteiger partial charge in [-0.15, -0.1) is 0 Å². The third-order valence-corrected chi connectivity index (χ3v) is 7.41. The maximum Gasteiger partial charge on any atom is 0.288 e. The summed E-state index contributed by atoms with van der Waals surface area (Å²) < 4.78 is 22.9. The van der Waals surface area contributed by atoms with Crippen LogP contribution in [0.5, 0.6) is 11.5 Å². The number of aliphatic hydroxyl groups is 1. The van der Waals surface area contributed by atoms with Crippen molar-refractivity contribution in [2.75, 3.05) is 46.2 Å². The SMILES string of the molecule is O=C(C1=C[C@H](C2CCC2)C[C@H](OCCCCO)O1)N1CCN(Cc2ccc3c(c2)OCO3)CC1. The number of amides is 1. The van der Waals surface area contributed by atoms with Gasteiger partial charge in [-0.05, 0) is 61.3 Å². The molecule has 0 bridgehead atoms. The van der Waals surface area contributed by atoms with E-state index in [-0.39, 0.29) is 25.6 Å². The van der Waals surface area contributed by atoms with Crippen LogP contribution in [-0.2, 0) is 20.8 Å². The highest BCUT2D eigenvalue weighted by molar-refractivity contribution is 5.91. The summed E-state index contributed by atoms with van der Waals surface area (Å²) in [7, 11) is 0. The number of unbranched alkanes of at least 4 members (excludes halogenated alkanes) is 1. The second-order valence-electron chi connectivity index (χ2n) is 9.73. The first-order valence-electron chi connectivity index (χ1n) is 12.7. The Morgan fingerprint density at radius 2 is 1.91 bits per heavy atom. The molecule has 1 amide bonds. The van der Waals surface area contributed by atoms with E-state index in [4.69, 9.17) is 24.1 Å². The lowest BCUT2D eigenvalue weighted by molar-refractivity contribution is -0.158. The maximum absolute atomic E-state index is 13.3. The van der Waals surface area contributed by atoms with E-state index in [1.54, 1.807) is 0 Å². The van der Waals surface area contributed by atoms with Crippen LogP contribution in [0.3, 0.4) is 0 Å². The van der Waals surface area contributed by atoms with E-state index in [9.17, 15) is 4.79 Å². The zero-order chi connectivity index (χ0) is 23.3. The highest BCUT2D eigenvalue weighted by Crippen LogP contribution is 2.40. The number of aliphatic hydroxyl groups excluding tert-OH is 1. The molecular formula is C26H36N2O6. The van der Waals surface area contributed by atoms with E-state index < -0.39 is 0 Å². The number of piperazine rings is 1. The van der Waals surface area contributed by atoms with Crippen molar-refractivity contribution in [3.05, 3.63) is 35.6 Å². The van der Waals surface area contributed by atoms with Gasteiger partial charge in [0, 0.05) is 45.8 Å². The van der Waals surface area contributed by atoms with Crippen LogP contribution in [0.15, 0.2) is 30.0 Å². The van der Waals surface area contributed by atoms with Crippen molar-refractivity contribution in [3.8, 4) is 11.5 Å². The van der Waals surface area contributed by atoms with E-state index in [2.05, 4.69) is 17.0 Å². The average molecular weight is 473 g/mol. The minimum Gasteiger partial charge on any atom is -0.459 e. The van der Waals surface area contributed by atoms with Crippen molar-refractivity contribution >= 4 is 5.91 Å². The van der Waals surface area contributed by atoms with Crippen molar-refractivity contribution < 1.29 is 28.8 Å². The molecule has 0 spiro atoms. The summed E-state index contributed by atoms with van der Waals surface area (Å²) in [6.45, 7) is 4.83. The molecule has 8 nitrogen and oxygen atoms in total. The summed E-state index contributed by atoms with van der Waals surface area (Å²) in [6, 6.07) is 6.08. The minimum absolute atomic E-state index is 0.0179. The molecule has 3 heterocycles. The second kappa shape index (κ2) is 11.0. The molecule has 1 saturated carbocycles. The van der Waals surface area contributed by atoms with E-state index in [1.165, 1.54) is 24.8 Å². The van der Waals surface area contributed by atoms with Crippen LogP contribution in [0, 0.1) is 11.8 Å². The molecule has 0 unspecified atom stereocenters. The Balaban J connectivity index is 1.15. The summed E-state index contributed by atoms with van der Waals surface area (Å²) in [4.78, 5) is 17.6. The number of allylic oxidation sites excluding steroid dienone is 1. The molecule has 1 aromatic carbocycles. The highest BCUT2D eigenvalue weighted by Gasteiger charge is 2.36. The fourth-order valence-corrected chi connectivity index (χ4v) is 5.13. The fraction of sp³-hybridized carbons (Fsp3) is 0.654. The number of carbonyl (C=O) groups excluding carboxylic acids is 1. The predicted octanol–water partition coefficient (Wildman–Crippen LogP) is 2.90. The summed E-state index contributed by atoms with van der Waals surface area (Å²) in [5.74, 6) is 3.03. The van der Waals surface area contributed by atoms with E-state index >= 15 is 0 Å². The first-order valence-corrected chi connectivity index (χ1v) is 12.7. The van der Waals surface area contributed by atoms with Gasteiger partial charge in [-0.3, -0.25) is 9.69 Å². The lowest BCUT2D eigenvalue weighted by atomic mass is 9.73. The molecule has 1 aromatic rings. The second-order valence-corrected chi connectivity index (χ2v) is 9.73. The van der Waals surface area contributed by atoms with Gasteiger partial charge in [-0.25, -0.2) is 0 Å². The van der Waals surface area contributed by atoms with Gasteiger partial charge in [0.1, 0.15) is 0 Å². The van der Waals surface area contributed by atoms with Gasteiger partial charge in [-0.1, -0.05) is 12.5 Å². The molecule has 8 heteroatoms. The van der Waals surface area contributed by atoms with Crippen LogP contribution < -0.4 is 9.47 Å². The number of benzene rings is 1. The normalized spacial score (nSPS) is 25.0. The van der Waals surface area contributed by atoms with Gasteiger partial charge in [-0.2, -0.15) is 0 Å². The fourth-order valence-electron chi connectivity index (χ4n) is 5.13. The Bertz CT molecular complexity index is 878. The lowest BCUT2D eigenvalue weighted by Gasteiger charge is -2.39. The number of rotatable bonds is 9. The Morgan fingerprint density at radius 1 is 1.09 bits per heavy atom. The summed E-state index contributed by atoms with van der Waals surface area (Å²) >= 11 is 0. The summed E-state index contributed by atoms with van der Waals surface area (Å²) in [5.41, 5.74) is 1.19. The third-order valence-electron chi connectivity index (χ3n) is 7.41. The molecule has 2 atom stereocenters. The summed E-state index contributed by atoms with van der Waals surface area (Å²) in [6.07, 6.45) is 7.73. The Morgan fingerprint density at radius 3 is 2.68 bits per heavy atom. The van der Waals surface area contributed by atoms with Crippen LogP contribution in [0.2, 0.25) is 0 Å². The standard InChI is InChI=1S/C26H36N2O6/c29-12-1-2-13-31-25-16-21(20-4-3-5-20)15-24(34-25)26(30)28-10-8-27(9-11-28)17-19-6-7-22-23(14-19)33-18-32-22/h6-7,14-15,20-21,25,29H,1-5,8-13,16-18H2/t21-,25+/m0/s1. The van der Waals surface area contributed by atoms with E-state index in [0.29, 0.717) is 37.3 Å². The number of carbonyl (C=O) groups is 1. The number of nitrogens with zero attached hydrogens (tertiary/aromatic N) is 2. The molecule has 2 fully saturated rings.